The van der Waals surface area contributed by atoms with Crippen LogP contribution in [0.25, 0.3) is 0 Å². The van der Waals surface area contributed by atoms with Crippen molar-refractivity contribution in [1.29, 1.82) is 0 Å². The molecule has 0 atom stereocenters. The molecular weight excluding hydrogens is 314 g/mol. The lowest BCUT2D eigenvalue weighted by Crippen LogP contribution is -2.05. The van der Waals surface area contributed by atoms with E-state index < -0.39 is 0 Å². The number of hydrogen-bond donors (Lipinski definition) is 0. The van der Waals surface area contributed by atoms with Crippen LogP contribution < -0.4 is 0 Å². The largest absolute Gasteiger partial charge is 0.306 e. The van der Waals surface area contributed by atoms with Gasteiger partial charge in [-0.15, -0.1) is 10.2 Å². The van der Waals surface area contributed by atoms with Gasteiger partial charge in [0.05, 0.1) is 0 Å². The van der Waals surface area contributed by atoms with Crippen molar-refractivity contribution in [2.75, 3.05) is 0 Å². The molecule has 2 aromatic carbocycles. The van der Waals surface area contributed by atoms with Gasteiger partial charge in [0.25, 0.3) is 0 Å². The second-order valence-corrected chi connectivity index (χ2v) is 6.85. The van der Waals surface area contributed by atoms with Gasteiger partial charge >= 0.3 is 0 Å². The van der Waals surface area contributed by atoms with Gasteiger partial charge in [0.2, 0.25) is 0 Å². The second kappa shape index (κ2) is 8.15. The molecule has 0 radical (unpaired) electrons. The Morgan fingerprint density at radius 3 is 2.33 bits per heavy atom. The molecule has 0 aliphatic carbocycles. The number of nitrogens with zero attached hydrogens (tertiary/aromatic N) is 3. The molecule has 3 rings (SSSR count). The van der Waals surface area contributed by atoms with Crippen LogP contribution in [0.1, 0.15) is 29.4 Å². The predicted octanol–water partition coefficient (Wildman–Crippen LogP) is 4.68. The summed E-state index contributed by atoms with van der Waals surface area (Å²) in [7, 11) is 0. The maximum atomic E-state index is 4.42. The molecule has 0 aliphatic heterocycles. The monoisotopic (exact) mass is 337 g/mol. The molecule has 1 aromatic heterocycles. The number of aryl methyl sites for hydroxylation is 3. The quantitative estimate of drug-likeness (QED) is 0.586. The summed E-state index contributed by atoms with van der Waals surface area (Å²) >= 11 is 1.76. The molecule has 4 heteroatoms. The van der Waals surface area contributed by atoms with E-state index in [1.54, 1.807) is 11.8 Å². The van der Waals surface area contributed by atoms with Crippen molar-refractivity contribution in [2.45, 2.75) is 44.1 Å². The normalized spacial score (nSPS) is 10.9. The van der Waals surface area contributed by atoms with Crippen molar-refractivity contribution in [3.8, 4) is 0 Å². The highest BCUT2D eigenvalue weighted by molar-refractivity contribution is 7.98. The lowest BCUT2D eigenvalue weighted by atomic mass is 10.1. The average molecular weight is 337 g/mol. The van der Waals surface area contributed by atoms with E-state index in [-0.39, 0.29) is 0 Å². The van der Waals surface area contributed by atoms with Gasteiger partial charge in [0.15, 0.2) is 5.16 Å². The van der Waals surface area contributed by atoms with Crippen LogP contribution in [0.15, 0.2) is 59.8 Å². The lowest BCUT2D eigenvalue weighted by Gasteiger charge is -2.07. The van der Waals surface area contributed by atoms with Gasteiger partial charge < -0.3 is 4.57 Å². The van der Waals surface area contributed by atoms with Crippen molar-refractivity contribution in [3.63, 3.8) is 0 Å². The molecule has 0 unspecified atom stereocenters. The third-order valence-corrected chi connectivity index (χ3v) is 5.12. The van der Waals surface area contributed by atoms with E-state index in [1.165, 1.54) is 16.7 Å². The fourth-order valence-electron chi connectivity index (χ4n) is 2.66. The third-order valence-electron chi connectivity index (χ3n) is 4.08. The van der Waals surface area contributed by atoms with Gasteiger partial charge in [-0.05, 0) is 31.4 Å². The van der Waals surface area contributed by atoms with E-state index in [0.29, 0.717) is 0 Å². The number of benzene rings is 2. The molecule has 3 nitrogen and oxygen atoms in total. The molecule has 24 heavy (non-hydrogen) atoms. The molecular formula is C20H23N3S. The first-order valence-corrected chi connectivity index (χ1v) is 9.39. The Balaban J connectivity index is 1.64. The smallest absolute Gasteiger partial charge is 0.191 e. The fraction of sp³-hybridized carbons (Fsp3) is 0.300. The Morgan fingerprint density at radius 1 is 0.875 bits per heavy atom. The summed E-state index contributed by atoms with van der Waals surface area (Å²) in [4.78, 5) is 0. The number of hydrogen-bond acceptors (Lipinski definition) is 3. The highest BCUT2D eigenvalue weighted by Crippen LogP contribution is 2.22. The maximum absolute atomic E-state index is 4.42. The molecule has 0 bridgehead atoms. The first kappa shape index (κ1) is 16.8. The van der Waals surface area contributed by atoms with Crippen molar-refractivity contribution in [1.82, 2.24) is 14.8 Å². The molecule has 0 N–H and O–H groups in total. The number of rotatable bonds is 7. The molecule has 0 amide bonds. The van der Waals surface area contributed by atoms with E-state index in [2.05, 4.69) is 83.2 Å². The van der Waals surface area contributed by atoms with Crippen LogP contribution in [-0.4, -0.2) is 14.8 Å². The fourth-order valence-corrected chi connectivity index (χ4v) is 3.64. The number of thioether (sulfide) groups is 1. The molecule has 0 saturated carbocycles. The summed E-state index contributed by atoms with van der Waals surface area (Å²) in [5.74, 6) is 2.00. The van der Waals surface area contributed by atoms with Crippen molar-refractivity contribution >= 4 is 11.8 Å². The molecule has 0 spiro atoms. The molecule has 0 saturated heterocycles. The maximum Gasteiger partial charge on any atom is 0.191 e. The van der Waals surface area contributed by atoms with E-state index in [0.717, 1.165) is 36.1 Å². The van der Waals surface area contributed by atoms with E-state index >= 15 is 0 Å². The Labute approximate surface area is 148 Å². The van der Waals surface area contributed by atoms with Crippen LogP contribution in [0.5, 0.6) is 0 Å². The van der Waals surface area contributed by atoms with Crippen molar-refractivity contribution < 1.29 is 0 Å². The highest BCUT2D eigenvalue weighted by Gasteiger charge is 2.11. The summed E-state index contributed by atoms with van der Waals surface area (Å²) in [5, 5.41) is 9.84. The molecule has 3 aromatic rings. The Morgan fingerprint density at radius 2 is 1.62 bits per heavy atom. The Bertz CT molecular complexity index is 763. The van der Waals surface area contributed by atoms with Crippen LogP contribution in [0.3, 0.4) is 0 Å². The van der Waals surface area contributed by atoms with E-state index in [9.17, 15) is 0 Å². The van der Waals surface area contributed by atoms with Gasteiger partial charge in [-0.1, -0.05) is 71.9 Å². The van der Waals surface area contributed by atoms with Crippen LogP contribution >= 0.6 is 11.8 Å². The summed E-state index contributed by atoms with van der Waals surface area (Å²) in [6.07, 6.45) is 1.93. The summed E-state index contributed by atoms with van der Waals surface area (Å²) in [6, 6.07) is 19.2. The van der Waals surface area contributed by atoms with Gasteiger partial charge in [-0.25, -0.2) is 0 Å². The van der Waals surface area contributed by atoms with Gasteiger partial charge in [0, 0.05) is 18.7 Å². The summed E-state index contributed by atoms with van der Waals surface area (Å²) in [5.41, 5.74) is 3.96. The second-order valence-electron chi connectivity index (χ2n) is 5.90. The van der Waals surface area contributed by atoms with Crippen LogP contribution in [0.2, 0.25) is 0 Å². The first-order valence-electron chi connectivity index (χ1n) is 8.40. The minimum atomic E-state index is 0.910. The molecule has 124 valence electrons. The topological polar surface area (TPSA) is 30.7 Å². The van der Waals surface area contributed by atoms with Gasteiger partial charge in [-0.3, -0.25) is 0 Å². The standard InChI is InChI=1S/C20H23N3S/c1-3-23-19(14-13-17-7-5-4-6-8-17)21-22-20(23)24-15-18-11-9-16(2)10-12-18/h4-12H,3,13-15H2,1-2H3. The minimum Gasteiger partial charge on any atom is -0.306 e. The SMILES string of the molecule is CCn1c(CCc2ccccc2)nnc1SCc1ccc(C)cc1. The summed E-state index contributed by atoms with van der Waals surface area (Å²) in [6.45, 7) is 5.18. The van der Waals surface area contributed by atoms with Crippen molar-refractivity contribution in [3.05, 3.63) is 77.1 Å². The van der Waals surface area contributed by atoms with Crippen molar-refractivity contribution in [2.24, 2.45) is 0 Å². The highest BCUT2D eigenvalue weighted by atomic mass is 32.2. The first-order chi connectivity index (χ1) is 11.8. The zero-order chi connectivity index (χ0) is 16.8. The Kier molecular flexibility index (Phi) is 5.70. The van der Waals surface area contributed by atoms with E-state index in [4.69, 9.17) is 0 Å². The number of aromatic nitrogens is 3. The summed E-state index contributed by atoms with van der Waals surface area (Å²) < 4.78 is 2.24. The van der Waals surface area contributed by atoms with Crippen LogP contribution in [-0.2, 0) is 25.1 Å². The minimum absolute atomic E-state index is 0.910. The van der Waals surface area contributed by atoms with E-state index in [1.807, 2.05) is 0 Å². The lowest BCUT2D eigenvalue weighted by molar-refractivity contribution is 0.638. The predicted molar refractivity (Wildman–Crippen MR) is 100 cm³/mol. The zero-order valence-corrected chi connectivity index (χ0v) is 15.1. The molecule has 1 heterocycles. The van der Waals surface area contributed by atoms with Crippen LogP contribution in [0, 0.1) is 6.92 Å². The zero-order valence-electron chi connectivity index (χ0n) is 14.3. The third kappa shape index (κ3) is 4.26. The van der Waals surface area contributed by atoms with Gasteiger partial charge in [-0.2, -0.15) is 0 Å². The van der Waals surface area contributed by atoms with Crippen LogP contribution in [0.4, 0.5) is 0 Å². The Hall–Kier alpha value is -2.07. The average Bonchev–Trinajstić information content (AvgIpc) is 3.02. The molecule has 0 aliphatic rings. The molecule has 0 fully saturated rings. The van der Waals surface area contributed by atoms with Gasteiger partial charge in [0.1, 0.15) is 5.82 Å².